The smallest absolute Gasteiger partial charge is 0.393 e. The fourth-order valence-corrected chi connectivity index (χ4v) is 2.91. The minimum absolute atomic E-state index is 0.210. The summed E-state index contributed by atoms with van der Waals surface area (Å²) in [5.41, 5.74) is -0.0832. The van der Waals surface area contributed by atoms with Crippen molar-refractivity contribution in [3.8, 4) is 0 Å². The topological polar surface area (TPSA) is 52.6 Å². The van der Waals surface area contributed by atoms with Crippen molar-refractivity contribution in [3.63, 3.8) is 0 Å². The maximum Gasteiger partial charge on any atom is 0.416 e. The van der Waals surface area contributed by atoms with Gasteiger partial charge in [0.1, 0.15) is 0 Å². The van der Waals surface area contributed by atoms with E-state index in [-0.39, 0.29) is 24.1 Å². The molecule has 0 aliphatic carbocycles. The highest BCUT2D eigenvalue weighted by Crippen LogP contribution is 2.30. The molecule has 1 saturated heterocycles. The van der Waals surface area contributed by atoms with Crippen molar-refractivity contribution >= 4 is 6.03 Å². The Balaban J connectivity index is 1.90. The summed E-state index contributed by atoms with van der Waals surface area (Å²) in [4.78, 5) is 13.9. The van der Waals surface area contributed by atoms with Crippen molar-refractivity contribution in [3.05, 3.63) is 35.4 Å². The molecule has 134 valence electrons. The van der Waals surface area contributed by atoms with Crippen LogP contribution in [0.2, 0.25) is 0 Å². The van der Waals surface area contributed by atoms with Gasteiger partial charge in [-0.05, 0) is 50.3 Å². The number of likely N-dealkylation sites (tertiary alicyclic amines) is 1. The number of hydrogen-bond donors (Lipinski definition) is 2. The molecule has 0 radical (unpaired) electrons. The molecular formula is C17H23F3N2O2. The summed E-state index contributed by atoms with van der Waals surface area (Å²) in [6, 6.07) is 4.19. The molecule has 0 spiro atoms. The average molecular weight is 344 g/mol. The summed E-state index contributed by atoms with van der Waals surface area (Å²) in [7, 11) is 0. The van der Waals surface area contributed by atoms with E-state index in [9.17, 15) is 23.1 Å². The van der Waals surface area contributed by atoms with Crippen LogP contribution in [0, 0.1) is 5.92 Å². The molecule has 2 rings (SSSR count). The van der Waals surface area contributed by atoms with Gasteiger partial charge in [0.25, 0.3) is 0 Å². The summed E-state index contributed by atoms with van der Waals surface area (Å²) >= 11 is 0. The molecule has 1 aromatic rings. The van der Waals surface area contributed by atoms with Gasteiger partial charge in [0.05, 0.1) is 17.7 Å². The number of carbonyl (C=O) groups is 1. The number of halogens is 3. The second-order valence-electron chi connectivity index (χ2n) is 6.36. The van der Waals surface area contributed by atoms with Gasteiger partial charge in [0.2, 0.25) is 0 Å². The number of nitrogens with zero attached hydrogens (tertiary/aromatic N) is 1. The van der Waals surface area contributed by atoms with Gasteiger partial charge in [0.15, 0.2) is 0 Å². The largest absolute Gasteiger partial charge is 0.416 e. The Labute approximate surface area is 139 Å². The molecule has 0 aromatic heterocycles. The first-order chi connectivity index (χ1) is 11.2. The van der Waals surface area contributed by atoms with Gasteiger partial charge in [0, 0.05) is 13.1 Å². The van der Waals surface area contributed by atoms with Gasteiger partial charge >= 0.3 is 12.2 Å². The van der Waals surface area contributed by atoms with Crippen LogP contribution in [0.1, 0.15) is 43.9 Å². The summed E-state index contributed by atoms with van der Waals surface area (Å²) in [6.07, 6.45) is -3.24. The van der Waals surface area contributed by atoms with E-state index in [1.807, 2.05) is 0 Å². The Morgan fingerprint density at radius 1 is 1.21 bits per heavy atom. The van der Waals surface area contributed by atoms with Crippen LogP contribution in [-0.4, -0.2) is 35.2 Å². The predicted molar refractivity (Wildman–Crippen MR) is 84.4 cm³/mol. The van der Waals surface area contributed by atoms with Gasteiger partial charge in [-0.15, -0.1) is 0 Å². The molecule has 1 fully saturated rings. The number of hydrogen-bond acceptors (Lipinski definition) is 2. The number of alkyl halides is 3. The van der Waals surface area contributed by atoms with Crippen molar-refractivity contribution < 1.29 is 23.1 Å². The van der Waals surface area contributed by atoms with Gasteiger partial charge in [-0.3, -0.25) is 0 Å². The molecule has 1 aromatic carbocycles. The van der Waals surface area contributed by atoms with Crippen molar-refractivity contribution in [1.29, 1.82) is 0 Å². The number of aliphatic hydroxyl groups is 1. The van der Waals surface area contributed by atoms with Crippen LogP contribution in [0.5, 0.6) is 0 Å². The lowest BCUT2D eigenvalue weighted by molar-refractivity contribution is -0.137. The number of nitrogens with one attached hydrogen (secondary N) is 1. The third-order valence-corrected chi connectivity index (χ3v) is 4.59. The molecule has 2 amide bonds. The number of urea groups is 1. The number of piperidine rings is 1. The van der Waals surface area contributed by atoms with Gasteiger partial charge < -0.3 is 15.3 Å². The van der Waals surface area contributed by atoms with Crippen LogP contribution in [-0.2, 0) is 6.18 Å². The number of aliphatic hydroxyl groups excluding tert-OH is 1. The van der Waals surface area contributed by atoms with Crippen molar-refractivity contribution in [2.45, 2.75) is 45.0 Å². The fraction of sp³-hybridized carbons (Fsp3) is 0.588. The molecule has 2 atom stereocenters. The van der Waals surface area contributed by atoms with E-state index in [2.05, 4.69) is 5.32 Å². The molecule has 0 saturated carbocycles. The van der Waals surface area contributed by atoms with Crippen LogP contribution in [0.15, 0.2) is 24.3 Å². The lowest BCUT2D eigenvalue weighted by Gasteiger charge is -2.34. The Hall–Kier alpha value is -1.76. The monoisotopic (exact) mass is 344 g/mol. The van der Waals surface area contributed by atoms with E-state index in [1.54, 1.807) is 18.7 Å². The lowest BCUT2D eigenvalue weighted by Crippen LogP contribution is -2.46. The maximum absolute atomic E-state index is 12.6. The third-order valence-electron chi connectivity index (χ3n) is 4.59. The molecular weight excluding hydrogens is 321 g/mol. The number of benzene rings is 1. The normalized spacial score (nSPS) is 19.0. The fourth-order valence-electron chi connectivity index (χ4n) is 2.91. The zero-order valence-electron chi connectivity index (χ0n) is 13.8. The van der Waals surface area contributed by atoms with Gasteiger partial charge in [-0.25, -0.2) is 4.79 Å². The molecule has 2 unspecified atom stereocenters. The second-order valence-corrected chi connectivity index (χ2v) is 6.36. The molecule has 1 aliphatic rings. The second kappa shape index (κ2) is 7.42. The minimum atomic E-state index is -4.36. The zero-order valence-corrected chi connectivity index (χ0v) is 13.8. The summed E-state index contributed by atoms with van der Waals surface area (Å²) in [5.74, 6) is 0.210. The molecule has 2 N–H and O–H groups in total. The van der Waals surface area contributed by atoms with Crippen molar-refractivity contribution in [1.82, 2.24) is 10.2 Å². The van der Waals surface area contributed by atoms with Crippen LogP contribution in [0.3, 0.4) is 0 Å². The maximum atomic E-state index is 12.6. The van der Waals surface area contributed by atoms with E-state index in [1.165, 1.54) is 12.1 Å². The highest BCUT2D eigenvalue weighted by atomic mass is 19.4. The predicted octanol–water partition coefficient (Wildman–Crippen LogP) is 3.57. The average Bonchev–Trinajstić information content (AvgIpc) is 2.54. The Morgan fingerprint density at radius 2 is 1.75 bits per heavy atom. The Bertz CT molecular complexity index is 550. The third kappa shape index (κ3) is 4.63. The number of amides is 2. The Morgan fingerprint density at radius 3 is 2.21 bits per heavy atom. The van der Waals surface area contributed by atoms with Crippen LogP contribution >= 0.6 is 0 Å². The molecule has 24 heavy (non-hydrogen) atoms. The van der Waals surface area contributed by atoms with Gasteiger partial charge in [-0.2, -0.15) is 13.2 Å². The lowest BCUT2D eigenvalue weighted by atomic mass is 9.92. The standard InChI is InChI=1S/C17H23F3N2O2/c1-11(13-3-5-15(6-4-13)17(18,19)20)21-16(24)22-9-7-14(8-10-22)12(2)23/h3-6,11-12,14,23H,7-10H2,1-2H3,(H,21,24). The van der Waals surface area contributed by atoms with Crippen molar-refractivity contribution in [2.75, 3.05) is 13.1 Å². The van der Waals surface area contributed by atoms with E-state index >= 15 is 0 Å². The molecule has 1 heterocycles. The first-order valence-electron chi connectivity index (χ1n) is 8.09. The molecule has 7 heteroatoms. The minimum Gasteiger partial charge on any atom is -0.393 e. The van der Waals surface area contributed by atoms with E-state index < -0.39 is 11.7 Å². The van der Waals surface area contributed by atoms with E-state index in [0.29, 0.717) is 18.7 Å². The zero-order chi connectivity index (χ0) is 17.9. The first-order valence-corrected chi connectivity index (χ1v) is 8.09. The van der Waals surface area contributed by atoms with E-state index in [0.717, 1.165) is 25.0 Å². The van der Waals surface area contributed by atoms with Crippen LogP contribution in [0.4, 0.5) is 18.0 Å². The highest BCUT2D eigenvalue weighted by Gasteiger charge is 2.30. The Kier molecular flexibility index (Phi) is 5.74. The summed E-state index contributed by atoms with van der Waals surface area (Å²) in [5, 5.41) is 12.4. The summed E-state index contributed by atoms with van der Waals surface area (Å²) < 4.78 is 37.7. The van der Waals surface area contributed by atoms with Crippen molar-refractivity contribution in [2.24, 2.45) is 5.92 Å². The quantitative estimate of drug-likeness (QED) is 0.881. The highest BCUT2D eigenvalue weighted by molar-refractivity contribution is 5.74. The molecule has 1 aliphatic heterocycles. The molecule has 0 bridgehead atoms. The summed E-state index contributed by atoms with van der Waals surface area (Å²) in [6.45, 7) is 4.64. The molecule has 4 nitrogen and oxygen atoms in total. The van der Waals surface area contributed by atoms with Crippen LogP contribution < -0.4 is 5.32 Å². The number of carbonyl (C=O) groups excluding carboxylic acids is 1. The van der Waals surface area contributed by atoms with Crippen LogP contribution in [0.25, 0.3) is 0 Å². The SMILES string of the molecule is CC(NC(=O)N1CCC(C(C)O)CC1)c1ccc(C(F)(F)F)cc1. The number of rotatable bonds is 3. The van der Waals surface area contributed by atoms with Gasteiger partial charge in [-0.1, -0.05) is 12.1 Å². The van der Waals surface area contributed by atoms with E-state index in [4.69, 9.17) is 0 Å². The first kappa shape index (κ1) is 18.6.